The third-order valence-electron chi connectivity index (χ3n) is 3.93. The number of nitrogens with one attached hydrogen (secondary N) is 1. The fourth-order valence-electron chi connectivity index (χ4n) is 2.76. The van der Waals surface area contributed by atoms with Crippen molar-refractivity contribution in [2.75, 3.05) is 18.4 Å². The van der Waals surface area contributed by atoms with Crippen molar-refractivity contribution in [2.24, 2.45) is 0 Å². The van der Waals surface area contributed by atoms with Gasteiger partial charge in [-0.25, -0.2) is 4.98 Å². The smallest absolute Gasteiger partial charge is 0.314 e. The van der Waals surface area contributed by atoms with Crippen molar-refractivity contribution in [3.05, 3.63) is 27.9 Å². The fraction of sp³-hybridized carbons (Fsp3) is 0.615. The molecule has 6 heteroatoms. The van der Waals surface area contributed by atoms with E-state index in [0.29, 0.717) is 11.4 Å². The Balaban J connectivity index is 1.73. The Kier molecular flexibility index (Phi) is 3.10. The van der Waals surface area contributed by atoms with Crippen LogP contribution in [0.2, 0.25) is 0 Å². The van der Waals surface area contributed by atoms with Gasteiger partial charge in [0.05, 0.1) is 4.92 Å². The molecule has 0 bridgehead atoms. The maximum Gasteiger partial charge on any atom is 0.314 e. The lowest BCUT2D eigenvalue weighted by Crippen LogP contribution is -2.28. The first-order valence-electron chi connectivity index (χ1n) is 6.75. The van der Waals surface area contributed by atoms with Crippen LogP contribution < -0.4 is 5.32 Å². The van der Waals surface area contributed by atoms with E-state index in [1.165, 1.54) is 12.8 Å². The molecule has 0 radical (unpaired) electrons. The first-order valence-corrected chi connectivity index (χ1v) is 6.75. The lowest BCUT2D eigenvalue weighted by Gasteiger charge is -2.16. The van der Waals surface area contributed by atoms with Crippen LogP contribution in [0.25, 0.3) is 0 Å². The first-order chi connectivity index (χ1) is 9.15. The number of anilines is 1. The van der Waals surface area contributed by atoms with Crippen LogP contribution in [0.5, 0.6) is 0 Å². The normalized spacial score (nSPS) is 23.5. The summed E-state index contributed by atoms with van der Waals surface area (Å²) in [5, 5.41) is 14.4. The molecule has 6 nitrogen and oxygen atoms in total. The van der Waals surface area contributed by atoms with Gasteiger partial charge in [-0.1, -0.05) is 0 Å². The van der Waals surface area contributed by atoms with Gasteiger partial charge in [0.2, 0.25) is 5.82 Å². The fourth-order valence-corrected chi connectivity index (χ4v) is 2.76. The molecule has 1 unspecified atom stereocenters. The van der Waals surface area contributed by atoms with E-state index >= 15 is 0 Å². The van der Waals surface area contributed by atoms with E-state index in [-0.39, 0.29) is 16.7 Å². The van der Waals surface area contributed by atoms with Crippen molar-refractivity contribution in [3.8, 4) is 0 Å². The number of nitro groups is 1. The predicted molar refractivity (Wildman–Crippen MR) is 72.3 cm³/mol. The monoisotopic (exact) mass is 262 g/mol. The molecule has 1 aromatic heterocycles. The zero-order valence-corrected chi connectivity index (χ0v) is 11.0. The number of aryl methyl sites for hydroxylation is 1. The van der Waals surface area contributed by atoms with E-state index in [1.807, 2.05) is 0 Å². The SMILES string of the molecule is Cc1ccnc(NC2CCN(C3CC3)C2)c1[N+](=O)[O-]. The van der Waals surface area contributed by atoms with E-state index in [9.17, 15) is 10.1 Å². The van der Waals surface area contributed by atoms with Gasteiger partial charge in [-0.05, 0) is 32.3 Å². The van der Waals surface area contributed by atoms with Gasteiger partial charge in [-0.3, -0.25) is 15.0 Å². The number of aromatic nitrogens is 1. The number of hydrogen-bond donors (Lipinski definition) is 1. The summed E-state index contributed by atoms with van der Waals surface area (Å²) in [6.07, 6.45) is 5.26. The van der Waals surface area contributed by atoms with E-state index in [2.05, 4.69) is 15.2 Å². The molecule has 1 aliphatic heterocycles. The molecule has 2 heterocycles. The van der Waals surface area contributed by atoms with Crippen LogP contribution in [0.3, 0.4) is 0 Å². The highest BCUT2D eigenvalue weighted by atomic mass is 16.6. The van der Waals surface area contributed by atoms with Crippen LogP contribution in [-0.2, 0) is 0 Å². The Hall–Kier alpha value is -1.69. The molecule has 1 saturated heterocycles. The van der Waals surface area contributed by atoms with Crippen molar-refractivity contribution in [3.63, 3.8) is 0 Å². The van der Waals surface area contributed by atoms with E-state index in [1.54, 1.807) is 19.2 Å². The van der Waals surface area contributed by atoms with Crippen molar-refractivity contribution < 1.29 is 4.92 Å². The number of likely N-dealkylation sites (tertiary alicyclic amines) is 1. The molecule has 2 fully saturated rings. The molecule has 1 aromatic rings. The summed E-state index contributed by atoms with van der Waals surface area (Å²) in [6, 6.07) is 2.70. The summed E-state index contributed by atoms with van der Waals surface area (Å²) in [4.78, 5) is 17.4. The largest absolute Gasteiger partial charge is 0.360 e. The van der Waals surface area contributed by atoms with Gasteiger partial charge in [-0.2, -0.15) is 0 Å². The summed E-state index contributed by atoms with van der Waals surface area (Å²) in [6.45, 7) is 3.80. The minimum absolute atomic E-state index is 0.104. The predicted octanol–water partition coefficient (Wildman–Crippen LogP) is 1.95. The molecule has 2 aliphatic rings. The van der Waals surface area contributed by atoms with Crippen LogP contribution in [0.15, 0.2) is 12.3 Å². The van der Waals surface area contributed by atoms with Crippen molar-refractivity contribution in [1.29, 1.82) is 0 Å². The third-order valence-corrected chi connectivity index (χ3v) is 3.93. The second-order valence-corrected chi connectivity index (χ2v) is 5.44. The molecule has 1 atom stereocenters. The minimum atomic E-state index is -0.349. The second kappa shape index (κ2) is 4.77. The highest BCUT2D eigenvalue weighted by molar-refractivity contribution is 5.60. The summed E-state index contributed by atoms with van der Waals surface area (Å²) >= 11 is 0. The van der Waals surface area contributed by atoms with Gasteiger partial charge in [0.25, 0.3) is 0 Å². The van der Waals surface area contributed by atoms with Crippen LogP contribution in [-0.4, -0.2) is 40.0 Å². The first kappa shape index (κ1) is 12.3. The molecule has 1 N–H and O–H groups in total. The molecule has 1 saturated carbocycles. The van der Waals surface area contributed by atoms with Gasteiger partial charge < -0.3 is 5.32 Å². The van der Waals surface area contributed by atoms with Gasteiger partial charge in [0, 0.05) is 36.9 Å². The average molecular weight is 262 g/mol. The van der Waals surface area contributed by atoms with E-state index in [4.69, 9.17) is 0 Å². The van der Waals surface area contributed by atoms with Gasteiger partial charge in [0.15, 0.2) is 0 Å². The lowest BCUT2D eigenvalue weighted by molar-refractivity contribution is -0.384. The maximum absolute atomic E-state index is 11.1. The molecule has 0 spiro atoms. The number of rotatable bonds is 4. The third kappa shape index (κ3) is 2.53. The molecule has 19 heavy (non-hydrogen) atoms. The highest BCUT2D eigenvalue weighted by Gasteiger charge is 2.35. The lowest BCUT2D eigenvalue weighted by atomic mass is 10.2. The standard InChI is InChI=1S/C13H18N4O2/c1-9-4-6-14-13(12(9)17(18)19)15-10-5-7-16(8-10)11-2-3-11/h4,6,10-11H,2-3,5,7-8H2,1H3,(H,14,15). The summed E-state index contributed by atoms with van der Waals surface area (Å²) in [5.41, 5.74) is 0.756. The van der Waals surface area contributed by atoms with Crippen molar-refractivity contribution in [1.82, 2.24) is 9.88 Å². The Labute approximate surface area is 112 Å². The second-order valence-electron chi connectivity index (χ2n) is 5.44. The van der Waals surface area contributed by atoms with Crippen LogP contribution in [0.4, 0.5) is 11.5 Å². The Morgan fingerprint density at radius 3 is 2.95 bits per heavy atom. The van der Waals surface area contributed by atoms with E-state index in [0.717, 1.165) is 25.6 Å². The molecule has 3 rings (SSSR count). The summed E-state index contributed by atoms with van der Waals surface area (Å²) in [7, 11) is 0. The van der Waals surface area contributed by atoms with Crippen LogP contribution >= 0.6 is 0 Å². The molecule has 102 valence electrons. The van der Waals surface area contributed by atoms with Crippen LogP contribution in [0, 0.1) is 17.0 Å². The number of pyridine rings is 1. The molecule has 0 amide bonds. The zero-order valence-electron chi connectivity index (χ0n) is 11.0. The maximum atomic E-state index is 11.1. The van der Waals surface area contributed by atoms with Gasteiger partial charge in [0.1, 0.15) is 0 Å². The van der Waals surface area contributed by atoms with E-state index < -0.39 is 0 Å². The van der Waals surface area contributed by atoms with Gasteiger partial charge in [-0.15, -0.1) is 0 Å². The minimum Gasteiger partial charge on any atom is -0.360 e. The van der Waals surface area contributed by atoms with Crippen molar-refractivity contribution in [2.45, 2.75) is 38.3 Å². The van der Waals surface area contributed by atoms with Gasteiger partial charge >= 0.3 is 5.69 Å². The molecular formula is C13H18N4O2. The molecule has 0 aromatic carbocycles. The Morgan fingerprint density at radius 1 is 1.47 bits per heavy atom. The molecular weight excluding hydrogens is 244 g/mol. The Bertz CT molecular complexity index is 501. The van der Waals surface area contributed by atoms with Crippen LogP contribution in [0.1, 0.15) is 24.8 Å². The zero-order chi connectivity index (χ0) is 13.4. The summed E-state index contributed by atoms with van der Waals surface area (Å²) < 4.78 is 0. The Morgan fingerprint density at radius 2 is 2.26 bits per heavy atom. The number of hydrogen-bond acceptors (Lipinski definition) is 5. The quantitative estimate of drug-likeness (QED) is 0.663. The summed E-state index contributed by atoms with van der Waals surface area (Å²) in [5.74, 6) is 0.410. The topological polar surface area (TPSA) is 71.3 Å². The molecule has 1 aliphatic carbocycles. The number of nitrogens with zero attached hydrogens (tertiary/aromatic N) is 3. The average Bonchev–Trinajstić information content (AvgIpc) is 3.10. The van der Waals surface area contributed by atoms with Crippen molar-refractivity contribution >= 4 is 11.5 Å². The highest BCUT2D eigenvalue weighted by Crippen LogP contribution is 2.32.